The number of imidazole rings is 1. The minimum absolute atomic E-state index is 0.262. The van der Waals surface area contributed by atoms with Gasteiger partial charge in [0.15, 0.2) is 11.5 Å². The number of para-hydroxylation sites is 2. The van der Waals surface area contributed by atoms with Gasteiger partial charge in [-0.1, -0.05) is 12.1 Å². The van der Waals surface area contributed by atoms with Crippen LogP contribution in [0.4, 0.5) is 5.95 Å². The minimum Gasteiger partial charge on any atom is -0.493 e. The topological polar surface area (TPSA) is 124 Å². The van der Waals surface area contributed by atoms with Gasteiger partial charge in [0.05, 0.1) is 26.9 Å². The van der Waals surface area contributed by atoms with Crippen LogP contribution < -0.4 is 34.6 Å². The Morgan fingerprint density at radius 1 is 0.971 bits per heavy atom. The van der Waals surface area contributed by atoms with E-state index in [2.05, 4.69) is 15.3 Å². The van der Waals surface area contributed by atoms with Gasteiger partial charge in [0.25, 0.3) is 5.96 Å². The number of hydrogen-bond acceptors (Lipinski definition) is 8. The number of anilines is 1. The van der Waals surface area contributed by atoms with Crippen LogP contribution in [0.25, 0.3) is 11.0 Å². The Bertz CT molecular complexity index is 1420. The first-order valence-electron chi connectivity index (χ1n) is 10.8. The van der Waals surface area contributed by atoms with E-state index in [0.717, 1.165) is 22.5 Å². The van der Waals surface area contributed by atoms with E-state index in [-0.39, 0.29) is 11.7 Å². The Kier molecular flexibility index (Phi) is 5.61. The second kappa shape index (κ2) is 8.90. The van der Waals surface area contributed by atoms with Crippen molar-refractivity contribution in [1.82, 2.24) is 4.98 Å². The fourth-order valence-corrected chi connectivity index (χ4v) is 4.08. The standard InChI is InChI=1S/C25H23N5O5/c1-32-19-12-15(13-20(33-2)21(19)34-3)23(31)35-16-10-8-14(9-11-16)22-28-24(26)29-25-27-17-6-4-5-7-18(17)30(22)25/h4-13,22H,1-3H3,(H3,26,27,28,29)/p+1/t22-/m1/s1. The molecule has 10 heteroatoms. The number of guanidine groups is 1. The minimum atomic E-state index is -0.561. The smallest absolute Gasteiger partial charge is 0.365 e. The molecule has 0 aliphatic carbocycles. The SMILES string of the molecule is COc1cc(C(=O)Oc2ccc([C@@H]3N=C(N)Nc4[nH]c5ccccc5[n+]43)cc2)cc(OC)c1OC. The summed E-state index contributed by atoms with van der Waals surface area (Å²) < 4.78 is 23.6. The molecule has 0 radical (unpaired) electrons. The third kappa shape index (κ3) is 3.95. The van der Waals surface area contributed by atoms with Crippen LogP contribution in [0.2, 0.25) is 0 Å². The first-order chi connectivity index (χ1) is 17.0. The van der Waals surface area contributed by atoms with Crippen LogP contribution in [0.15, 0.2) is 65.7 Å². The molecule has 1 aromatic heterocycles. The highest BCUT2D eigenvalue weighted by Crippen LogP contribution is 2.38. The summed E-state index contributed by atoms with van der Waals surface area (Å²) in [4.78, 5) is 20.7. The number of carbonyl (C=O) groups is 1. The number of fused-ring (bicyclic) bond motifs is 3. The molecular weight excluding hydrogens is 450 g/mol. The van der Waals surface area contributed by atoms with Gasteiger partial charge < -0.3 is 24.7 Å². The van der Waals surface area contributed by atoms with Crippen molar-refractivity contribution in [1.29, 1.82) is 0 Å². The van der Waals surface area contributed by atoms with Crippen molar-refractivity contribution < 1.29 is 28.3 Å². The van der Waals surface area contributed by atoms with E-state index in [1.54, 1.807) is 24.3 Å². The average molecular weight is 474 g/mol. The van der Waals surface area contributed by atoms with Crippen LogP contribution >= 0.6 is 0 Å². The molecule has 0 fully saturated rings. The maximum absolute atomic E-state index is 12.8. The van der Waals surface area contributed by atoms with Gasteiger partial charge in [0.2, 0.25) is 11.9 Å². The van der Waals surface area contributed by atoms with Gasteiger partial charge in [-0.15, -0.1) is 0 Å². The van der Waals surface area contributed by atoms with Gasteiger partial charge in [-0.2, -0.15) is 4.99 Å². The third-order valence-electron chi connectivity index (χ3n) is 5.70. The molecule has 35 heavy (non-hydrogen) atoms. The maximum Gasteiger partial charge on any atom is 0.365 e. The summed E-state index contributed by atoms with van der Waals surface area (Å²) in [7, 11) is 4.47. The number of aliphatic imine (C=N–C) groups is 1. The molecule has 0 unspecified atom stereocenters. The van der Waals surface area contributed by atoms with Gasteiger partial charge in [0, 0.05) is 5.56 Å². The summed E-state index contributed by atoms with van der Waals surface area (Å²) in [6.07, 6.45) is -0.387. The molecule has 2 heterocycles. The van der Waals surface area contributed by atoms with Gasteiger partial charge in [-0.25, -0.2) is 19.7 Å². The Morgan fingerprint density at radius 3 is 2.31 bits per heavy atom. The van der Waals surface area contributed by atoms with E-state index in [1.807, 2.05) is 41.0 Å². The summed E-state index contributed by atoms with van der Waals surface area (Å²) in [5, 5.41) is 3.07. The van der Waals surface area contributed by atoms with Crippen molar-refractivity contribution in [2.45, 2.75) is 6.17 Å². The molecule has 0 saturated heterocycles. The Morgan fingerprint density at radius 2 is 1.66 bits per heavy atom. The summed E-state index contributed by atoms with van der Waals surface area (Å²) in [5.74, 6) is 1.98. The van der Waals surface area contributed by atoms with Crippen molar-refractivity contribution >= 4 is 28.9 Å². The number of hydrogen-bond donors (Lipinski definition) is 3. The molecule has 10 nitrogen and oxygen atoms in total. The number of aromatic nitrogens is 2. The number of methoxy groups -OCH3 is 3. The second-order valence-electron chi connectivity index (χ2n) is 7.75. The van der Waals surface area contributed by atoms with Crippen LogP contribution in [0, 0.1) is 0 Å². The lowest BCUT2D eigenvalue weighted by Crippen LogP contribution is -2.48. The molecule has 1 aliphatic rings. The van der Waals surface area contributed by atoms with Gasteiger partial charge in [-0.3, -0.25) is 0 Å². The van der Waals surface area contributed by atoms with Gasteiger partial charge in [-0.05, 0) is 48.5 Å². The predicted octanol–water partition coefficient (Wildman–Crippen LogP) is 2.99. The van der Waals surface area contributed by atoms with Crippen LogP contribution in [0.3, 0.4) is 0 Å². The molecule has 4 aromatic rings. The van der Waals surface area contributed by atoms with Gasteiger partial charge in [0.1, 0.15) is 16.8 Å². The van der Waals surface area contributed by atoms with E-state index in [0.29, 0.717) is 29.0 Å². The van der Waals surface area contributed by atoms with E-state index in [9.17, 15) is 4.79 Å². The zero-order chi connectivity index (χ0) is 24.5. The maximum atomic E-state index is 12.8. The van der Waals surface area contributed by atoms with Crippen LogP contribution in [-0.2, 0) is 0 Å². The number of carbonyl (C=O) groups excluding carboxylic acids is 1. The molecule has 3 aromatic carbocycles. The number of nitrogens with one attached hydrogen (secondary N) is 2. The lowest BCUT2D eigenvalue weighted by atomic mass is 10.1. The number of esters is 1. The molecule has 0 spiro atoms. The lowest BCUT2D eigenvalue weighted by Gasteiger charge is -2.18. The van der Waals surface area contributed by atoms with Crippen LogP contribution in [-0.4, -0.2) is 38.2 Å². The highest BCUT2D eigenvalue weighted by molar-refractivity contribution is 5.93. The number of ether oxygens (including phenoxy) is 4. The fraction of sp³-hybridized carbons (Fsp3) is 0.160. The molecule has 4 N–H and O–H groups in total. The molecule has 0 amide bonds. The average Bonchev–Trinajstić information content (AvgIpc) is 3.25. The van der Waals surface area contributed by atoms with Gasteiger partial charge >= 0.3 is 11.9 Å². The molecule has 1 atom stereocenters. The molecule has 1 aliphatic heterocycles. The van der Waals surface area contributed by atoms with Crippen molar-refractivity contribution in [3.8, 4) is 23.0 Å². The quantitative estimate of drug-likeness (QED) is 0.223. The predicted molar refractivity (Wildman–Crippen MR) is 129 cm³/mol. The fourth-order valence-electron chi connectivity index (χ4n) is 4.08. The number of nitrogens with zero attached hydrogens (tertiary/aromatic N) is 2. The first-order valence-corrected chi connectivity index (χ1v) is 10.8. The largest absolute Gasteiger partial charge is 0.493 e. The highest BCUT2D eigenvalue weighted by Gasteiger charge is 2.31. The highest BCUT2D eigenvalue weighted by atomic mass is 16.5. The summed E-state index contributed by atoms with van der Waals surface area (Å²) >= 11 is 0. The van der Waals surface area contributed by atoms with Crippen LogP contribution in [0.1, 0.15) is 22.1 Å². The zero-order valence-electron chi connectivity index (χ0n) is 19.4. The van der Waals surface area contributed by atoms with Crippen molar-refractivity contribution in [2.75, 3.05) is 26.6 Å². The number of benzene rings is 3. The van der Waals surface area contributed by atoms with E-state index in [1.165, 1.54) is 21.3 Å². The van der Waals surface area contributed by atoms with Crippen molar-refractivity contribution in [3.63, 3.8) is 0 Å². The Labute approximate surface area is 200 Å². The zero-order valence-corrected chi connectivity index (χ0v) is 19.4. The lowest BCUT2D eigenvalue weighted by molar-refractivity contribution is -0.674. The normalized spacial score (nSPS) is 14.5. The number of aromatic amines is 1. The first kappa shape index (κ1) is 22.1. The molecule has 0 bridgehead atoms. The molecule has 178 valence electrons. The van der Waals surface area contributed by atoms with E-state index in [4.69, 9.17) is 24.7 Å². The summed E-state index contributed by atoms with van der Waals surface area (Å²) in [5.41, 5.74) is 9.11. The molecule has 5 rings (SSSR count). The summed E-state index contributed by atoms with van der Waals surface area (Å²) in [6, 6.07) is 18.1. The molecule has 0 saturated carbocycles. The number of rotatable bonds is 6. The molecular formula is C25H24N5O5+. The van der Waals surface area contributed by atoms with E-state index < -0.39 is 5.97 Å². The Hall–Kier alpha value is -4.73. The monoisotopic (exact) mass is 474 g/mol. The summed E-state index contributed by atoms with van der Waals surface area (Å²) in [6.45, 7) is 0. The van der Waals surface area contributed by atoms with E-state index >= 15 is 0 Å². The van der Waals surface area contributed by atoms with Crippen molar-refractivity contribution in [2.24, 2.45) is 10.7 Å². The number of nitrogens with two attached hydrogens (primary N) is 1. The number of H-pyrrole nitrogens is 1. The van der Waals surface area contributed by atoms with Crippen molar-refractivity contribution in [3.05, 3.63) is 71.8 Å². The Balaban J connectivity index is 1.41. The van der Waals surface area contributed by atoms with Crippen LogP contribution in [0.5, 0.6) is 23.0 Å². The second-order valence-corrected chi connectivity index (χ2v) is 7.75. The third-order valence-corrected chi connectivity index (χ3v) is 5.70.